The predicted molar refractivity (Wildman–Crippen MR) is 115 cm³/mol. The fraction of sp³-hybridized carbons (Fsp3) is 0.682. The molecule has 0 radical (unpaired) electrons. The van der Waals surface area contributed by atoms with Gasteiger partial charge in [-0.3, -0.25) is 9.69 Å². The van der Waals surface area contributed by atoms with Crippen LogP contribution >= 0.6 is 0 Å². The predicted octanol–water partition coefficient (Wildman–Crippen LogP) is 2.79. The number of benzene rings is 1. The van der Waals surface area contributed by atoms with E-state index in [0.717, 1.165) is 11.1 Å². The minimum absolute atomic E-state index is 0.119. The molecule has 6 nitrogen and oxygen atoms in total. The Hall–Kier alpha value is -1.44. The first-order valence-electron chi connectivity index (χ1n) is 10.8. The Kier molecular flexibility index (Phi) is 7.02. The summed E-state index contributed by atoms with van der Waals surface area (Å²) >= 11 is 0. The Morgan fingerprint density at radius 3 is 2.24 bits per heavy atom. The van der Waals surface area contributed by atoms with Crippen molar-refractivity contribution in [3.8, 4) is 0 Å². The normalized spacial score (nSPS) is 19.4. The van der Waals surface area contributed by atoms with Gasteiger partial charge in [-0.2, -0.15) is 4.31 Å². The third-order valence-corrected chi connectivity index (χ3v) is 8.38. The summed E-state index contributed by atoms with van der Waals surface area (Å²) in [7, 11) is -3.52. The molecule has 1 aliphatic carbocycles. The number of rotatable bonds is 6. The van der Waals surface area contributed by atoms with Gasteiger partial charge in [-0.15, -0.1) is 0 Å². The highest BCUT2D eigenvalue weighted by Gasteiger charge is 2.32. The van der Waals surface area contributed by atoms with Gasteiger partial charge in [0.1, 0.15) is 0 Å². The summed E-state index contributed by atoms with van der Waals surface area (Å²) in [6.07, 6.45) is 4.84. The minimum Gasteiger partial charge on any atom is -0.339 e. The van der Waals surface area contributed by atoms with E-state index in [1.807, 2.05) is 24.8 Å². The average molecular weight is 422 g/mol. The van der Waals surface area contributed by atoms with E-state index in [4.69, 9.17) is 0 Å². The highest BCUT2D eigenvalue weighted by Crippen LogP contribution is 2.25. The molecule has 0 N–H and O–H groups in total. The van der Waals surface area contributed by atoms with E-state index in [-0.39, 0.29) is 5.91 Å². The van der Waals surface area contributed by atoms with Crippen LogP contribution in [0.25, 0.3) is 0 Å². The van der Waals surface area contributed by atoms with Gasteiger partial charge in [-0.05, 0) is 63.8 Å². The molecule has 1 aromatic carbocycles. The summed E-state index contributed by atoms with van der Waals surface area (Å²) in [4.78, 5) is 17.4. The Bertz CT molecular complexity index is 824. The number of sulfonamides is 1. The van der Waals surface area contributed by atoms with E-state index < -0.39 is 10.0 Å². The van der Waals surface area contributed by atoms with Gasteiger partial charge in [-0.1, -0.05) is 18.9 Å². The maximum absolute atomic E-state index is 13.0. The lowest BCUT2D eigenvalue weighted by Gasteiger charge is -2.37. The molecule has 1 aliphatic heterocycles. The number of aryl methyl sites for hydroxylation is 2. The minimum atomic E-state index is -3.52. The summed E-state index contributed by atoms with van der Waals surface area (Å²) in [5.41, 5.74) is 2.05. The molecular formula is C22H35N3O3S. The van der Waals surface area contributed by atoms with Gasteiger partial charge in [-0.25, -0.2) is 8.42 Å². The molecule has 2 aliphatic rings. The molecule has 1 amide bonds. The zero-order valence-corrected chi connectivity index (χ0v) is 19.0. The van der Waals surface area contributed by atoms with Crippen molar-refractivity contribution in [2.45, 2.75) is 70.4 Å². The third kappa shape index (κ3) is 5.01. The van der Waals surface area contributed by atoms with Gasteiger partial charge >= 0.3 is 0 Å². The number of carbonyl (C=O) groups is 1. The molecule has 7 heteroatoms. The first-order valence-corrected chi connectivity index (χ1v) is 12.2. The van der Waals surface area contributed by atoms with E-state index in [2.05, 4.69) is 18.7 Å². The highest BCUT2D eigenvalue weighted by molar-refractivity contribution is 7.89. The fourth-order valence-electron chi connectivity index (χ4n) is 4.43. The largest absolute Gasteiger partial charge is 0.339 e. The van der Waals surface area contributed by atoms with E-state index in [1.165, 1.54) is 30.0 Å². The van der Waals surface area contributed by atoms with Crippen LogP contribution < -0.4 is 0 Å². The Morgan fingerprint density at radius 2 is 1.69 bits per heavy atom. The van der Waals surface area contributed by atoms with E-state index in [9.17, 15) is 13.2 Å². The van der Waals surface area contributed by atoms with Crippen molar-refractivity contribution in [1.29, 1.82) is 0 Å². The van der Waals surface area contributed by atoms with Gasteiger partial charge in [0.05, 0.1) is 11.4 Å². The number of carbonyl (C=O) groups excluding carboxylic acids is 1. The fourth-order valence-corrected chi connectivity index (χ4v) is 5.93. The quantitative estimate of drug-likeness (QED) is 0.709. The van der Waals surface area contributed by atoms with Gasteiger partial charge < -0.3 is 4.90 Å². The van der Waals surface area contributed by atoms with Crippen molar-refractivity contribution in [1.82, 2.24) is 14.1 Å². The van der Waals surface area contributed by atoms with E-state index in [1.54, 1.807) is 12.1 Å². The molecule has 0 spiro atoms. The smallest absolute Gasteiger partial charge is 0.243 e. The van der Waals surface area contributed by atoms with Crippen LogP contribution in [0.2, 0.25) is 0 Å². The summed E-state index contributed by atoms with van der Waals surface area (Å²) in [6, 6.07) is 6.12. The number of hydrogen-bond donors (Lipinski definition) is 0. The average Bonchev–Trinajstić information content (AvgIpc) is 3.22. The number of amides is 1. The van der Waals surface area contributed by atoms with Crippen molar-refractivity contribution >= 4 is 15.9 Å². The number of piperazine rings is 1. The second-order valence-electron chi connectivity index (χ2n) is 8.74. The Labute approximate surface area is 175 Å². The molecule has 162 valence electrons. The summed E-state index contributed by atoms with van der Waals surface area (Å²) < 4.78 is 27.5. The first-order chi connectivity index (χ1) is 13.7. The zero-order valence-electron chi connectivity index (χ0n) is 18.2. The summed E-state index contributed by atoms with van der Waals surface area (Å²) in [5.74, 6) is 0.119. The van der Waals surface area contributed by atoms with Crippen LogP contribution in [0.5, 0.6) is 0 Å². The first kappa shape index (κ1) is 22.2. The van der Waals surface area contributed by atoms with Gasteiger partial charge in [0.25, 0.3) is 0 Å². The van der Waals surface area contributed by atoms with E-state index >= 15 is 0 Å². The maximum atomic E-state index is 13.0. The second-order valence-corrected chi connectivity index (χ2v) is 10.7. The Morgan fingerprint density at radius 1 is 1.07 bits per heavy atom. The van der Waals surface area contributed by atoms with Crippen molar-refractivity contribution in [2.24, 2.45) is 0 Å². The van der Waals surface area contributed by atoms with Crippen LogP contribution in [0.4, 0.5) is 0 Å². The molecule has 1 aromatic rings. The van der Waals surface area contributed by atoms with Crippen LogP contribution in [0.15, 0.2) is 23.1 Å². The van der Waals surface area contributed by atoms with Crippen molar-refractivity contribution < 1.29 is 13.2 Å². The summed E-state index contributed by atoms with van der Waals surface area (Å²) in [6.45, 7) is 10.3. The maximum Gasteiger partial charge on any atom is 0.243 e. The standard InChI is InChI=1S/C22H35N3O3S/c1-17(2)25(20-7-5-6-8-20)16-22(26)23-11-13-24(14-12-23)29(27,28)21-10-9-18(3)19(4)15-21/h9-10,15,17,20H,5-8,11-14,16H2,1-4H3. The second kappa shape index (κ2) is 9.14. The summed E-state index contributed by atoms with van der Waals surface area (Å²) in [5, 5.41) is 0. The lowest BCUT2D eigenvalue weighted by molar-refractivity contribution is -0.134. The molecule has 29 heavy (non-hydrogen) atoms. The molecule has 1 saturated heterocycles. The molecule has 0 aromatic heterocycles. The van der Waals surface area contributed by atoms with Crippen LogP contribution in [-0.4, -0.2) is 73.2 Å². The van der Waals surface area contributed by atoms with Gasteiger partial charge in [0.15, 0.2) is 0 Å². The van der Waals surface area contributed by atoms with Crippen molar-refractivity contribution in [2.75, 3.05) is 32.7 Å². The monoisotopic (exact) mass is 421 g/mol. The topological polar surface area (TPSA) is 60.9 Å². The molecule has 3 rings (SSSR count). The number of hydrogen-bond acceptors (Lipinski definition) is 4. The highest BCUT2D eigenvalue weighted by atomic mass is 32.2. The molecular weight excluding hydrogens is 386 g/mol. The van der Waals surface area contributed by atoms with Crippen LogP contribution in [-0.2, 0) is 14.8 Å². The van der Waals surface area contributed by atoms with Crippen LogP contribution in [0, 0.1) is 13.8 Å². The SMILES string of the molecule is Cc1ccc(S(=O)(=O)N2CCN(C(=O)CN(C(C)C)C3CCCC3)CC2)cc1C. The van der Waals surface area contributed by atoms with Gasteiger partial charge in [0, 0.05) is 38.3 Å². The molecule has 0 atom stereocenters. The van der Waals surface area contributed by atoms with Crippen molar-refractivity contribution in [3.05, 3.63) is 29.3 Å². The molecule has 1 heterocycles. The van der Waals surface area contributed by atoms with Crippen LogP contribution in [0.1, 0.15) is 50.7 Å². The molecule has 2 fully saturated rings. The van der Waals surface area contributed by atoms with Gasteiger partial charge in [0.2, 0.25) is 15.9 Å². The molecule has 0 unspecified atom stereocenters. The lowest BCUT2D eigenvalue weighted by Crippen LogP contribution is -2.54. The third-order valence-electron chi connectivity index (χ3n) is 6.48. The van der Waals surface area contributed by atoms with Crippen LogP contribution in [0.3, 0.4) is 0 Å². The lowest BCUT2D eigenvalue weighted by atomic mass is 10.1. The molecule has 0 bridgehead atoms. The molecule has 1 saturated carbocycles. The zero-order chi connectivity index (χ0) is 21.2. The Balaban J connectivity index is 1.60. The number of nitrogens with zero attached hydrogens (tertiary/aromatic N) is 3. The van der Waals surface area contributed by atoms with E-state index in [0.29, 0.717) is 49.7 Å². The van der Waals surface area contributed by atoms with Crippen molar-refractivity contribution in [3.63, 3.8) is 0 Å².